The number of primary amides is 1. The van der Waals surface area contributed by atoms with Gasteiger partial charge in [-0.15, -0.1) is 0 Å². The van der Waals surface area contributed by atoms with E-state index >= 15 is 0 Å². The Morgan fingerprint density at radius 2 is 1.35 bits per heavy atom. The predicted molar refractivity (Wildman–Crippen MR) is 182 cm³/mol. The molecule has 0 fully saturated rings. The van der Waals surface area contributed by atoms with Gasteiger partial charge in [-0.25, -0.2) is 4.79 Å². The number of fused-ring (bicyclic) bond motifs is 1. The molecule has 14 heteroatoms. The van der Waals surface area contributed by atoms with Crippen LogP contribution in [0.15, 0.2) is 60.8 Å². The fraction of sp³-hybridized carbons (Fsp3) is 0.429. The van der Waals surface area contributed by atoms with E-state index in [1.54, 1.807) is 57.3 Å². The lowest BCUT2D eigenvalue weighted by molar-refractivity contribution is -0.141. The second-order valence-electron chi connectivity index (χ2n) is 13.3. The van der Waals surface area contributed by atoms with E-state index in [9.17, 15) is 33.9 Å². The van der Waals surface area contributed by atoms with E-state index in [0.717, 1.165) is 16.5 Å². The zero-order valence-corrected chi connectivity index (χ0v) is 28.4. The number of hydrogen-bond acceptors (Lipinski definition) is 7. The highest BCUT2D eigenvalue weighted by molar-refractivity contribution is 5.96. The Labute approximate surface area is 284 Å². The van der Waals surface area contributed by atoms with Crippen molar-refractivity contribution in [2.24, 2.45) is 11.7 Å². The molecule has 264 valence electrons. The van der Waals surface area contributed by atoms with Crippen molar-refractivity contribution < 1.29 is 38.6 Å². The van der Waals surface area contributed by atoms with E-state index in [2.05, 4.69) is 26.3 Å². The normalized spacial score (nSPS) is 13.8. The molecule has 0 radical (unpaired) electrons. The number of aliphatic carboxylic acids is 1. The molecule has 8 N–H and O–H groups in total. The van der Waals surface area contributed by atoms with Gasteiger partial charge in [0, 0.05) is 29.9 Å². The zero-order valence-electron chi connectivity index (χ0n) is 28.4. The SMILES string of the molecule is CC(C)CC(NC(=O)C(Cc1c[nH]c2ccccc12)NC(=O)OC(C)(C)C)C(=O)NC(CC(=O)O)C(=O)NC(Cc1ccccc1)C(N)=O. The summed E-state index contributed by atoms with van der Waals surface area (Å²) in [6.07, 6.45) is 0.292. The van der Waals surface area contributed by atoms with Gasteiger partial charge in [0.05, 0.1) is 6.42 Å². The lowest BCUT2D eigenvalue weighted by Gasteiger charge is -2.27. The molecule has 1 aromatic heterocycles. The number of carboxylic acid groups (broad SMARTS) is 1. The first-order valence-electron chi connectivity index (χ1n) is 16.0. The van der Waals surface area contributed by atoms with Gasteiger partial charge in [-0.3, -0.25) is 24.0 Å². The largest absolute Gasteiger partial charge is 0.481 e. The highest BCUT2D eigenvalue weighted by Crippen LogP contribution is 2.20. The Balaban J connectivity index is 1.82. The summed E-state index contributed by atoms with van der Waals surface area (Å²) in [6, 6.07) is 11.0. The van der Waals surface area contributed by atoms with Crippen LogP contribution in [0.1, 0.15) is 58.6 Å². The van der Waals surface area contributed by atoms with E-state index in [4.69, 9.17) is 10.5 Å². The molecule has 4 unspecified atom stereocenters. The predicted octanol–water partition coefficient (Wildman–Crippen LogP) is 2.31. The minimum Gasteiger partial charge on any atom is -0.481 e. The van der Waals surface area contributed by atoms with Crippen LogP contribution >= 0.6 is 0 Å². The van der Waals surface area contributed by atoms with Crippen LogP contribution in [-0.2, 0) is 41.6 Å². The standard InChI is InChI=1S/C35H46N6O8/c1-20(2)15-26(31(45)40-28(18-29(42)43)33(47)38-25(30(36)44)16-21-11-7-6-8-12-21)39-32(46)27(41-34(48)49-35(3,4)5)17-22-19-37-24-14-10-9-13-23(22)24/h6-14,19-20,25-28,37H,15-18H2,1-5H3,(H2,36,44)(H,38,47)(H,39,46)(H,40,45)(H,41,48)(H,42,43). The Hall–Kier alpha value is -5.40. The average molecular weight is 679 g/mol. The van der Waals surface area contributed by atoms with Crippen molar-refractivity contribution in [2.75, 3.05) is 0 Å². The van der Waals surface area contributed by atoms with Crippen LogP contribution in [0, 0.1) is 5.92 Å². The minimum atomic E-state index is -1.60. The zero-order chi connectivity index (χ0) is 36.3. The summed E-state index contributed by atoms with van der Waals surface area (Å²) in [7, 11) is 0. The minimum absolute atomic E-state index is 0.0458. The molecule has 49 heavy (non-hydrogen) atoms. The molecule has 4 atom stereocenters. The van der Waals surface area contributed by atoms with E-state index in [-0.39, 0.29) is 25.2 Å². The number of carbonyl (C=O) groups is 6. The molecule has 1 heterocycles. The lowest BCUT2D eigenvalue weighted by Crippen LogP contribution is -2.59. The molecule has 0 saturated heterocycles. The molecular formula is C35H46N6O8. The van der Waals surface area contributed by atoms with Crippen molar-refractivity contribution in [3.63, 3.8) is 0 Å². The van der Waals surface area contributed by atoms with Gasteiger partial charge in [0.15, 0.2) is 0 Å². The van der Waals surface area contributed by atoms with Gasteiger partial charge in [-0.1, -0.05) is 62.4 Å². The highest BCUT2D eigenvalue weighted by atomic mass is 16.6. The summed E-state index contributed by atoms with van der Waals surface area (Å²) >= 11 is 0. The monoisotopic (exact) mass is 678 g/mol. The number of aromatic amines is 1. The van der Waals surface area contributed by atoms with Crippen molar-refractivity contribution in [2.45, 2.75) is 90.1 Å². The molecule has 2 aromatic carbocycles. The number of H-pyrrole nitrogens is 1. The first kappa shape index (κ1) is 38.1. The third kappa shape index (κ3) is 12.3. The molecule has 0 aliphatic carbocycles. The van der Waals surface area contributed by atoms with Crippen LogP contribution in [0.3, 0.4) is 0 Å². The van der Waals surface area contributed by atoms with Crippen LogP contribution < -0.4 is 27.0 Å². The number of benzene rings is 2. The molecule has 0 aliphatic rings. The van der Waals surface area contributed by atoms with E-state index in [1.807, 2.05) is 38.1 Å². The summed E-state index contributed by atoms with van der Waals surface area (Å²) in [5.41, 5.74) is 6.94. The van der Waals surface area contributed by atoms with Crippen molar-refractivity contribution in [3.05, 3.63) is 71.9 Å². The number of hydrogen-bond donors (Lipinski definition) is 7. The van der Waals surface area contributed by atoms with Crippen LogP contribution in [0.2, 0.25) is 0 Å². The second kappa shape index (κ2) is 17.1. The fourth-order valence-electron chi connectivity index (χ4n) is 5.16. The van der Waals surface area contributed by atoms with E-state index in [1.165, 1.54) is 0 Å². The van der Waals surface area contributed by atoms with Crippen molar-refractivity contribution >= 4 is 46.6 Å². The number of para-hydroxylation sites is 1. The quantitative estimate of drug-likeness (QED) is 0.119. The van der Waals surface area contributed by atoms with Crippen molar-refractivity contribution in [3.8, 4) is 0 Å². The summed E-state index contributed by atoms with van der Waals surface area (Å²) in [4.78, 5) is 80.5. The van der Waals surface area contributed by atoms with Gasteiger partial charge >= 0.3 is 12.1 Å². The molecule has 0 saturated carbocycles. The maximum absolute atomic E-state index is 13.8. The van der Waals surface area contributed by atoms with Gasteiger partial charge in [-0.2, -0.15) is 0 Å². The summed E-state index contributed by atoms with van der Waals surface area (Å²) in [5.74, 6) is -4.82. The lowest BCUT2D eigenvalue weighted by atomic mass is 10.00. The Bertz CT molecular complexity index is 1630. The van der Waals surface area contributed by atoms with E-state index in [0.29, 0.717) is 5.56 Å². The molecule has 5 amide bonds. The number of aromatic nitrogens is 1. The number of nitrogens with two attached hydrogens (primary N) is 1. The number of amides is 5. The van der Waals surface area contributed by atoms with Crippen molar-refractivity contribution in [1.82, 2.24) is 26.3 Å². The van der Waals surface area contributed by atoms with Crippen LogP contribution in [0.25, 0.3) is 10.9 Å². The topological polar surface area (TPSA) is 222 Å². The number of carboxylic acids is 1. The molecule has 0 spiro atoms. The molecule has 3 aromatic rings. The molecule has 3 rings (SSSR count). The number of rotatable bonds is 16. The third-order valence-electron chi connectivity index (χ3n) is 7.40. The fourth-order valence-corrected chi connectivity index (χ4v) is 5.16. The number of alkyl carbamates (subject to hydrolysis) is 1. The number of ether oxygens (including phenoxy) is 1. The first-order chi connectivity index (χ1) is 23.0. The van der Waals surface area contributed by atoms with Gasteiger partial charge in [0.25, 0.3) is 0 Å². The molecule has 0 aliphatic heterocycles. The summed E-state index contributed by atoms with van der Waals surface area (Å²) in [5, 5.41) is 20.6. The molecular weight excluding hydrogens is 632 g/mol. The smallest absolute Gasteiger partial charge is 0.408 e. The molecule has 0 bridgehead atoms. The number of carbonyl (C=O) groups excluding carboxylic acids is 5. The van der Waals surface area contributed by atoms with Gasteiger partial charge in [0.1, 0.15) is 29.8 Å². The van der Waals surface area contributed by atoms with Gasteiger partial charge in [0.2, 0.25) is 23.6 Å². The average Bonchev–Trinajstić information content (AvgIpc) is 3.41. The second-order valence-corrected chi connectivity index (χ2v) is 13.3. The van der Waals surface area contributed by atoms with Crippen LogP contribution in [0.5, 0.6) is 0 Å². The Morgan fingerprint density at radius 1 is 0.776 bits per heavy atom. The maximum atomic E-state index is 13.8. The van der Waals surface area contributed by atoms with Crippen molar-refractivity contribution in [1.29, 1.82) is 0 Å². The summed E-state index contributed by atoms with van der Waals surface area (Å²) in [6.45, 7) is 8.68. The van der Waals surface area contributed by atoms with Crippen LogP contribution in [0.4, 0.5) is 4.79 Å². The first-order valence-corrected chi connectivity index (χ1v) is 16.0. The maximum Gasteiger partial charge on any atom is 0.408 e. The Morgan fingerprint density at radius 3 is 1.96 bits per heavy atom. The summed E-state index contributed by atoms with van der Waals surface area (Å²) < 4.78 is 5.39. The molecule has 14 nitrogen and oxygen atoms in total. The Kier molecular flexibility index (Phi) is 13.3. The highest BCUT2D eigenvalue weighted by Gasteiger charge is 2.33. The van der Waals surface area contributed by atoms with E-state index < -0.39 is 71.9 Å². The van der Waals surface area contributed by atoms with Gasteiger partial charge < -0.3 is 41.8 Å². The van der Waals surface area contributed by atoms with Gasteiger partial charge in [-0.05, 0) is 50.3 Å². The number of nitrogens with one attached hydrogen (secondary N) is 5. The third-order valence-corrected chi connectivity index (χ3v) is 7.40. The van der Waals surface area contributed by atoms with Crippen LogP contribution in [-0.4, -0.2) is 75.6 Å².